The summed E-state index contributed by atoms with van der Waals surface area (Å²) in [6, 6.07) is 19.7. The third-order valence-corrected chi connectivity index (χ3v) is 5.35. The second-order valence-corrected chi connectivity index (χ2v) is 7.05. The Balaban J connectivity index is 1.92. The van der Waals surface area contributed by atoms with E-state index in [4.69, 9.17) is 10.5 Å². The standard InChI is InChI=1S/C21H14N4OS/c22-11-16-19(14-7-6-13-8-9-26-18(13)10-14)17(12-23)21(25-20(16)24)27-15-4-2-1-3-5-15/h1-7,10H,8-9H2,(H2,24,25). The molecule has 2 N–H and O–H groups in total. The third kappa shape index (κ3) is 3.08. The molecular formula is C21H14N4OS. The van der Waals surface area contributed by atoms with E-state index in [1.165, 1.54) is 11.8 Å². The van der Waals surface area contributed by atoms with Gasteiger partial charge in [-0.3, -0.25) is 0 Å². The lowest BCUT2D eigenvalue weighted by molar-refractivity contribution is 0.357. The fraction of sp³-hybridized carbons (Fsp3) is 0.0952. The molecule has 0 spiro atoms. The van der Waals surface area contributed by atoms with Crippen molar-refractivity contribution in [2.24, 2.45) is 0 Å². The predicted octanol–water partition coefficient (Wildman–Crippen LogP) is 4.16. The molecule has 0 saturated heterocycles. The number of pyridine rings is 1. The van der Waals surface area contributed by atoms with Crippen LogP contribution in [-0.2, 0) is 6.42 Å². The van der Waals surface area contributed by atoms with Gasteiger partial charge in [0, 0.05) is 16.9 Å². The van der Waals surface area contributed by atoms with Crippen LogP contribution in [-0.4, -0.2) is 11.6 Å². The molecule has 2 heterocycles. The quantitative estimate of drug-likeness (QED) is 0.744. The number of nitrogens with zero attached hydrogens (tertiary/aromatic N) is 3. The number of nitriles is 2. The lowest BCUT2D eigenvalue weighted by atomic mass is 9.95. The van der Waals surface area contributed by atoms with Gasteiger partial charge in [-0.25, -0.2) is 4.98 Å². The molecule has 0 aliphatic carbocycles. The van der Waals surface area contributed by atoms with Gasteiger partial charge in [-0.2, -0.15) is 10.5 Å². The second kappa shape index (κ2) is 7.03. The average Bonchev–Trinajstić information content (AvgIpc) is 3.16. The van der Waals surface area contributed by atoms with Crippen molar-refractivity contribution < 1.29 is 4.74 Å². The van der Waals surface area contributed by atoms with E-state index in [2.05, 4.69) is 17.1 Å². The Morgan fingerprint density at radius 1 is 1.04 bits per heavy atom. The summed E-state index contributed by atoms with van der Waals surface area (Å²) >= 11 is 1.35. The summed E-state index contributed by atoms with van der Waals surface area (Å²) in [6.45, 7) is 0.641. The third-order valence-electron chi connectivity index (χ3n) is 4.36. The highest BCUT2D eigenvalue weighted by Crippen LogP contribution is 2.40. The molecule has 3 aromatic rings. The maximum Gasteiger partial charge on any atom is 0.143 e. The van der Waals surface area contributed by atoms with Crippen LogP contribution in [0.15, 0.2) is 58.5 Å². The number of anilines is 1. The van der Waals surface area contributed by atoms with Gasteiger partial charge >= 0.3 is 0 Å². The Labute approximate surface area is 161 Å². The first-order valence-electron chi connectivity index (χ1n) is 8.34. The molecule has 0 atom stereocenters. The zero-order valence-corrected chi connectivity index (χ0v) is 15.1. The minimum absolute atomic E-state index is 0.117. The summed E-state index contributed by atoms with van der Waals surface area (Å²) in [5, 5.41) is 20.0. The van der Waals surface area contributed by atoms with E-state index < -0.39 is 0 Å². The normalized spacial score (nSPS) is 11.9. The molecule has 27 heavy (non-hydrogen) atoms. The van der Waals surface area contributed by atoms with Crippen LogP contribution < -0.4 is 10.5 Å². The Kier molecular flexibility index (Phi) is 4.42. The van der Waals surface area contributed by atoms with Crippen LogP contribution >= 0.6 is 11.8 Å². The summed E-state index contributed by atoms with van der Waals surface area (Å²) in [6.07, 6.45) is 0.861. The van der Waals surface area contributed by atoms with Crippen LogP contribution in [0, 0.1) is 22.7 Å². The minimum Gasteiger partial charge on any atom is -0.493 e. The second-order valence-electron chi connectivity index (χ2n) is 5.99. The summed E-state index contributed by atoms with van der Waals surface area (Å²) in [5.74, 6) is 0.902. The van der Waals surface area contributed by atoms with Gasteiger partial charge in [-0.05, 0) is 29.3 Å². The fourth-order valence-electron chi connectivity index (χ4n) is 3.08. The molecule has 130 valence electrons. The van der Waals surface area contributed by atoms with Crippen LogP contribution in [0.4, 0.5) is 5.82 Å². The Morgan fingerprint density at radius 2 is 1.81 bits per heavy atom. The monoisotopic (exact) mass is 370 g/mol. The molecule has 2 aromatic carbocycles. The van der Waals surface area contributed by atoms with Gasteiger partial charge in [0.25, 0.3) is 0 Å². The Hall–Kier alpha value is -3.48. The summed E-state index contributed by atoms with van der Waals surface area (Å²) in [5.41, 5.74) is 8.98. The van der Waals surface area contributed by atoms with Crippen molar-refractivity contribution in [3.8, 4) is 29.0 Å². The zero-order valence-electron chi connectivity index (χ0n) is 14.3. The van der Waals surface area contributed by atoms with Crippen molar-refractivity contribution in [1.82, 2.24) is 4.98 Å². The molecule has 5 nitrogen and oxygen atoms in total. The number of ether oxygens (including phenoxy) is 1. The molecule has 1 aromatic heterocycles. The van der Waals surface area contributed by atoms with Crippen LogP contribution in [0.1, 0.15) is 16.7 Å². The number of nitrogen functional groups attached to an aromatic ring is 1. The zero-order chi connectivity index (χ0) is 18.8. The van der Waals surface area contributed by atoms with Gasteiger partial charge in [0.2, 0.25) is 0 Å². The van der Waals surface area contributed by atoms with Gasteiger partial charge < -0.3 is 10.5 Å². The molecule has 0 amide bonds. The molecule has 0 unspecified atom stereocenters. The van der Waals surface area contributed by atoms with Crippen LogP contribution in [0.3, 0.4) is 0 Å². The lowest BCUT2D eigenvalue weighted by Crippen LogP contribution is -2.03. The molecule has 4 rings (SSSR count). The summed E-state index contributed by atoms with van der Waals surface area (Å²) < 4.78 is 5.65. The highest BCUT2D eigenvalue weighted by atomic mass is 32.2. The van der Waals surface area contributed by atoms with Gasteiger partial charge in [-0.15, -0.1) is 0 Å². The van der Waals surface area contributed by atoms with E-state index in [0.29, 0.717) is 22.8 Å². The van der Waals surface area contributed by atoms with Crippen molar-refractivity contribution in [1.29, 1.82) is 10.5 Å². The highest BCUT2D eigenvalue weighted by Gasteiger charge is 2.22. The van der Waals surface area contributed by atoms with Gasteiger partial charge in [0.05, 0.1) is 12.2 Å². The van der Waals surface area contributed by atoms with E-state index in [9.17, 15) is 10.5 Å². The van der Waals surface area contributed by atoms with E-state index in [-0.39, 0.29) is 11.4 Å². The maximum absolute atomic E-state index is 9.86. The van der Waals surface area contributed by atoms with E-state index in [1.807, 2.05) is 48.5 Å². The van der Waals surface area contributed by atoms with Crippen molar-refractivity contribution >= 4 is 17.6 Å². The fourth-order valence-corrected chi connectivity index (χ4v) is 3.99. The molecule has 0 fully saturated rings. The average molecular weight is 370 g/mol. The van der Waals surface area contributed by atoms with E-state index >= 15 is 0 Å². The molecular weight excluding hydrogens is 356 g/mol. The number of hydrogen-bond acceptors (Lipinski definition) is 6. The number of benzene rings is 2. The number of hydrogen-bond donors (Lipinski definition) is 1. The van der Waals surface area contributed by atoms with Crippen molar-refractivity contribution in [2.75, 3.05) is 12.3 Å². The summed E-state index contributed by atoms with van der Waals surface area (Å²) in [4.78, 5) is 5.27. The first-order valence-corrected chi connectivity index (χ1v) is 9.15. The largest absolute Gasteiger partial charge is 0.493 e. The van der Waals surface area contributed by atoms with Crippen molar-refractivity contribution in [3.05, 3.63) is 65.2 Å². The predicted molar refractivity (Wildman–Crippen MR) is 103 cm³/mol. The number of aromatic nitrogens is 1. The number of fused-ring (bicyclic) bond motifs is 1. The first-order chi connectivity index (χ1) is 13.2. The molecule has 1 aliphatic heterocycles. The summed E-state index contributed by atoms with van der Waals surface area (Å²) in [7, 11) is 0. The van der Waals surface area contributed by atoms with Crippen molar-refractivity contribution in [3.63, 3.8) is 0 Å². The molecule has 0 bridgehead atoms. The molecule has 0 saturated carbocycles. The Morgan fingerprint density at radius 3 is 2.56 bits per heavy atom. The SMILES string of the molecule is N#Cc1c(N)nc(Sc2ccccc2)c(C#N)c1-c1ccc2c(c1)OCC2. The maximum atomic E-state index is 9.86. The number of rotatable bonds is 3. The first kappa shape index (κ1) is 17.0. The minimum atomic E-state index is 0.117. The number of nitrogens with two attached hydrogens (primary N) is 1. The smallest absolute Gasteiger partial charge is 0.143 e. The molecule has 6 heteroatoms. The van der Waals surface area contributed by atoms with Gasteiger partial charge in [0.15, 0.2) is 0 Å². The van der Waals surface area contributed by atoms with E-state index in [1.54, 1.807) is 0 Å². The van der Waals surface area contributed by atoms with Crippen LogP contribution in [0.5, 0.6) is 5.75 Å². The van der Waals surface area contributed by atoms with Gasteiger partial charge in [0.1, 0.15) is 34.3 Å². The van der Waals surface area contributed by atoms with Crippen molar-refractivity contribution in [2.45, 2.75) is 16.3 Å². The highest BCUT2D eigenvalue weighted by molar-refractivity contribution is 7.99. The lowest BCUT2D eigenvalue weighted by Gasteiger charge is -2.13. The van der Waals surface area contributed by atoms with Crippen LogP contribution in [0.25, 0.3) is 11.1 Å². The van der Waals surface area contributed by atoms with E-state index in [0.717, 1.165) is 28.2 Å². The Bertz CT molecular complexity index is 1110. The van der Waals surface area contributed by atoms with Gasteiger partial charge in [-0.1, -0.05) is 42.1 Å². The molecule has 0 radical (unpaired) electrons. The topological polar surface area (TPSA) is 95.7 Å². The van der Waals surface area contributed by atoms with Crippen LogP contribution in [0.2, 0.25) is 0 Å². The molecule has 1 aliphatic rings.